The minimum atomic E-state index is -3.60. The molecule has 1 aromatic heterocycles. The van der Waals surface area contributed by atoms with Crippen molar-refractivity contribution in [3.63, 3.8) is 0 Å². The van der Waals surface area contributed by atoms with Crippen molar-refractivity contribution in [2.75, 3.05) is 0 Å². The van der Waals surface area contributed by atoms with E-state index in [4.69, 9.17) is 4.74 Å². The minimum absolute atomic E-state index is 0.0291. The molecule has 8 heteroatoms. The summed E-state index contributed by atoms with van der Waals surface area (Å²) >= 11 is 0. The first-order chi connectivity index (χ1) is 12.8. The average Bonchev–Trinajstić information content (AvgIpc) is 2.57. The average molecular weight is 393 g/mol. The molecular weight excluding hydrogens is 369 g/mol. The number of aromatic nitrogens is 2. The number of rotatable bonds is 6. The molecule has 1 heterocycles. The van der Waals surface area contributed by atoms with Gasteiger partial charge in [-0.15, -0.1) is 0 Å². The molecule has 1 N–H and O–H groups in total. The Hall–Kier alpha value is -2.06. The Kier molecular flexibility index (Phi) is 6.06. The van der Waals surface area contributed by atoms with Crippen molar-refractivity contribution in [3.05, 3.63) is 53.1 Å². The van der Waals surface area contributed by atoms with E-state index in [-0.39, 0.29) is 23.5 Å². The number of halogens is 1. The van der Waals surface area contributed by atoms with E-state index in [0.717, 1.165) is 11.4 Å². The van der Waals surface area contributed by atoms with Crippen LogP contribution in [0.1, 0.15) is 42.6 Å². The van der Waals surface area contributed by atoms with Gasteiger partial charge >= 0.3 is 6.01 Å². The zero-order valence-corrected chi connectivity index (χ0v) is 16.3. The van der Waals surface area contributed by atoms with Crippen LogP contribution in [0.5, 0.6) is 6.01 Å². The Morgan fingerprint density at radius 2 is 1.74 bits per heavy atom. The molecule has 0 atom stereocenters. The first kappa shape index (κ1) is 19.7. The number of aryl methyl sites for hydroxylation is 2. The van der Waals surface area contributed by atoms with Gasteiger partial charge in [-0.25, -0.2) is 27.5 Å². The molecule has 0 aliphatic heterocycles. The van der Waals surface area contributed by atoms with Gasteiger partial charge in [-0.1, -0.05) is 18.2 Å². The summed E-state index contributed by atoms with van der Waals surface area (Å²) in [6.07, 6.45) is 2.71. The quantitative estimate of drug-likeness (QED) is 0.816. The summed E-state index contributed by atoms with van der Waals surface area (Å²) in [5, 5.41) is 0. The maximum absolute atomic E-state index is 13.7. The highest BCUT2D eigenvalue weighted by molar-refractivity contribution is 7.88. The molecule has 1 aliphatic carbocycles. The highest BCUT2D eigenvalue weighted by atomic mass is 32.2. The van der Waals surface area contributed by atoms with E-state index in [1.54, 1.807) is 12.1 Å². The van der Waals surface area contributed by atoms with Crippen LogP contribution in [0.3, 0.4) is 0 Å². The van der Waals surface area contributed by atoms with Gasteiger partial charge in [-0.2, -0.15) is 0 Å². The van der Waals surface area contributed by atoms with Crippen molar-refractivity contribution >= 4 is 10.0 Å². The van der Waals surface area contributed by atoms with E-state index in [1.165, 1.54) is 12.1 Å². The molecule has 0 spiro atoms. The van der Waals surface area contributed by atoms with Crippen molar-refractivity contribution in [2.45, 2.75) is 57.4 Å². The van der Waals surface area contributed by atoms with Crippen LogP contribution in [0.15, 0.2) is 30.3 Å². The summed E-state index contributed by atoms with van der Waals surface area (Å²) in [7, 11) is -3.60. The Morgan fingerprint density at radius 1 is 1.11 bits per heavy atom. The van der Waals surface area contributed by atoms with Crippen LogP contribution in [-0.4, -0.2) is 30.5 Å². The zero-order valence-electron chi connectivity index (χ0n) is 15.5. The van der Waals surface area contributed by atoms with Gasteiger partial charge in [0.2, 0.25) is 10.0 Å². The van der Waals surface area contributed by atoms with E-state index >= 15 is 0 Å². The van der Waals surface area contributed by atoms with Gasteiger partial charge in [0.15, 0.2) is 0 Å². The summed E-state index contributed by atoms with van der Waals surface area (Å²) < 4.78 is 46.9. The van der Waals surface area contributed by atoms with Gasteiger partial charge in [0.25, 0.3) is 0 Å². The van der Waals surface area contributed by atoms with Gasteiger partial charge in [0.05, 0.1) is 5.75 Å². The highest BCUT2D eigenvalue weighted by Crippen LogP contribution is 2.23. The van der Waals surface area contributed by atoms with Crippen LogP contribution in [0, 0.1) is 19.7 Å². The van der Waals surface area contributed by atoms with E-state index < -0.39 is 15.8 Å². The summed E-state index contributed by atoms with van der Waals surface area (Å²) in [6.45, 7) is 3.78. The fraction of sp³-hybridized carbons (Fsp3) is 0.474. The Bertz CT molecular complexity index is 877. The number of hydrogen-bond donors (Lipinski definition) is 1. The molecule has 0 unspecified atom stereocenters. The second-order valence-corrected chi connectivity index (χ2v) is 8.75. The Labute approximate surface area is 159 Å². The lowest BCUT2D eigenvalue weighted by molar-refractivity contribution is 0.131. The zero-order chi connectivity index (χ0) is 19.4. The number of ether oxygens (including phenoxy) is 1. The lowest BCUT2D eigenvalue weighted by Crippen LogP contribution is -2.40. The third-order valence-electron chi connectivity index (χ3n) is 4.56. The molecule has 0 saturated heterocycles. The van der Waals surface area contributed by atoms with Crippen molar-refractivity contribution in [2.24, 2.45) is 0 Å². The van der Waals surface area contributed by atoms with Crippen molar-refractivity contribution in [3.8, 4) is 6.01 Å². The number of sulfonamides is 1. The maximum Gasteiger partial charge on any atom is 0.317 e. The summed E-state index contributed by atoms with van der Waals surface area (Å²) in [5.74, 6) is -0.861. The molecule has 2 aromatic rings. The summed E-state index contributed by atoms with van der Waals surface area (Å²) in [5.41, 5.74) is 1.88. The number of nitrogens with one attached hydrogen (secondary N) is 1. The van der Waals surface area contributed by atoms with Gasteiger partial charge in [0.1, 0.15) is 11.9 Å². The van der Waals surface area contributed by atoms with Crippen molar-refractivity contribution in [1.29, 1.82) is 0 Å². The molecule has 3 rings (SSSR count). The molecule has 0 radical (unpaired) electrons. The molecule has 0 bridgehead atoms. The van der Waals surface area contributed by atoms with Gasteiger partial charge in [-0.3, -0.25) is 0 Å². The van der Waals surface area contributed by atoms with Crippen LogP contribution in [0.2, 0.25) is 0 Å². The number of nitrogens with zero attached hydrogens (tertiary/aromatic N) is 2. The molecule has 1 aromatic carbocycles. The van der Waals surface area contributed by atoms with Crippen molar-refractivity contribution < 1.29 is 17.5 Å². The van der Waals surface area contributed by atoms with Gasteiger partial charge in [0, 0.05) is 23.0 Å². The predicted molar refractivity (Wildman–Crippen MR) is 100 cm³/mol. The molecule has 1 aliphatic rings. The molecule has 0 amide bonds. The smallest absolute Gasteiger partial charge is 0.317 e. The second-order valence-electron chi connectivity index (χ2n) is 6.99. The fourth-order valence-electron chi connectivity index (χ4n) is 3.31. The normalized spacial score (nSPS) is 20.4. The monoisotopic (exact) mass is 393 g/mol. The van der Waals surface area contributed by atoms with Crippen LogP contribution in [-0.2, 0) is 15.8 Å². The minimum Gasteiger partial charge on any atom is -0.460 e. The topological polar surface area (TPSA) is 81.2 Å². The van der Waals surface area contributed by atoms with Crippen LogP contribution in [0.4, 0.5) is 4.39 Å². The van der Waals surface area contributed by atoms with Crippen LogP contribution < -0.4 is 9.46 Å². The molecule has 27 heavy (non-hydrogen) atoms. The largest absolute Gasteiger partial charge is 0.460 e. The Morgan fingerprint density at radius 3 is 2.37 bits per heavy atom. The third kappa shape index (κ3) is 5.71. The third-order valence-corrected chi connectivity index (χ3v) is 5.94. The molecule has 6 nitrogen and oxygen atoms in total. The lowest BCUT2D eigenvalue weighted by atomic mass is 9.94. The number of hydrogen-bond acceptors (Lipinski definition) is 5. The van der Waals surface area contributed by atoms with Crippen LogP contribution >= 0.6 is 0 Å². The maximum atomic E-state index is 13.7. The first-order valence-electron chi connectivity index (χ1n) is 9.03. The molecule has 1 saturated carbocycles. The first-order valence-corrected chi connectivity index (χ1v) is 10.7. The molecular formula is C19H24FN3O3S. The Balaban J connectivity index is 1.52. The highest BCUT2D eigenvalue weighted by Gasteiger charge is 2.27. The van der Waals surface area contributed by atoms with E-state index in [1.807, 2.05) is 19.9 Å². The standard InChI is InChI=1S/C19H24FN3O3S/c1-13-11-14(2)22-19(21-13)26-17-9-7-16(8-10-17)23-27(24,25)12-15-5-3-4-6-18(15)20/h3-6,11,16-17,23H,7-10,12H2,1-2H3. The molecule has 1 fully saturated rings. The van der Waals surface area contributed by atoms with E-state index in [2.05, 4.69) is 14.7 Å². The SMILES string of the molecule is Cc1cc(C)nc(OC2CCC(NS(=O)(=O)Cc3ccccc3F)CC2)n1. The van der Waals surface area contributed by atoms with Crippen LogP contribution in [0.25, 0.3) is 0 Å². The predicted octanol–water partition coefficient (Wildman–Crippen LogP) is 3.04. The lowest BCUT2D eigenvalue weighted by Gasteiger charge is -2.28. The summed E-state index contributed by atoms with van der Waals surface area (Å²) in [4.78, 5) is 8.56. The van der Waals surface area contributed by atoms with E-state index in [9.17, 15) is 12.8 Å². The molecule has 146 valence electrons. The number of benzene rings is 1. The summed E-state index contributed by atoms with van der Waals surface area (Å²) in [6, 6.07) is 8.02. The second kappa shape index (κ2) is 8.31. The van der Waals surface area contributed by atoms with Gasteiger partial charge < -0.3 is 4.74 Å². The van der Waals surface area contributed by atoms with E-state index in [0.29, 0.717) is 31.7 Å². The van der Waals surface area contributed by atoms with Gasteiger partial charge in [-0.05, 0) is 51.7 Å². The van der Waals surface area contributed by atoms with Crippen molar-refractivity contribution in [1.82, 2.24) is 14.7 Å². The fourth-order valence-corrected chi connectivity index (χ4v) is 4.78.